The third-order valence-electron chi connectivity index (χ3n) is 2.04. The summed E-state index contributed by atoms with van der Waals surface area (Å²) in [5, 5.41) is 10.9. The number of rotatable bonds is 3. The Balaban J connectivity index is 2.23. The molecule has 16 heavy (non-hydrogen) atoms. The molecule has 1 aromatic carbocycles. The lowest BCUT2D eigenvalue weighted by molar-refractivity contribution is 0.386. The molecule has 0 amide bonds. The molecule has 0 aliphatic carbocycles. The van der Waals surface area contributed by atoms with E-state index in [2.05, 4.69) is 31.5 Å². The average molecular weight is 287 g/mol. The lowest BCUT2D eigenvalue weighted by Crippen LogP contribution is -2.03. The van der Waals surface area contributed by atoms with Crippen LogP contribution in [0.4, 0.5) is 4.39 Å². The van der Waals surface area contributed by atoms with Crippen LogP contribution in [-0.2, 0) is 6.54 Å². The molecular weight excluding hydrogens is 279 g/mol. The standard InChI is InChI=1S/C9H8BrFN4O/c1-16-8-3-2-6(4-7(8)11)5-15-9(10)12-13-14-15/h2-4H,5H2,1H3. The van der Waals surface area contributed by atoms with E-state index in [9.17, 15) is 4.39 Å². The van der Waals surface area contributed by atoms with Gasteiger partial charge in [-0.1, -0.05) is 6.07 Å². The van der Waals surface area contributed by atoms with E-state index in [0.717, 1.165) is 5.56 Å². The molecule has 0 spiro atoms. The zero-order chi connectivity index (χ0) is 11.5. The molecule has 0 N–H and O–H groups in total. The number of aromatic nitrogens is 4. The molecule has 1 aromatic heterocycles. The van der Waals surface area contributed by atoms with Gasteiger partial charge in [-0.05, 0) is 44.1 Å². The third kappa shape index (κ3) is 2.19. The zero-order valence-electron chi connectivity index (χ0n) is 8.39. The lowest BCUT2D eigenvalue weighted by atomic mass is 10.2. The van der Waals surface area contributed by atoms with Crippen LogP contribution in [0.1, 0.15) is 5.56 Å². The second kappa shape index (κ2) is 4.56. The van der Waals surface area contributed by atoms with Crippen LogP contribution in [0.3, 0.4) is 0 Å². The fourth-order valence-corrected chi connectivity index (χ4v) is 1.54. The van der Waals surface area contributed by atoms with Gasteiger partial charge >= 0.3 is 0 Å². The van der Waals surface area contributed by atoms with Gasteiger partial charge in [0, 0.05) is 0 Å². The second-order valence-electron chi connectivity index (χ2n) is 3.07. The third-order valence-corrected chi connectivity index (χ3v) is 2.60. The highest BCUT2D eigenvalue weighted by Gasteiger charge is 2.06. The molecule has 2 aromatic rings. The van der Waals surface area contributed by atoms with Crippen molar-refractivity contribution in [2.75, 3.05) is 7.11 Å². The first-order valence-electron chi connectivity index (χ1n) is 4.45. The van der Waals surface area contributed by atoms with Crippen molar-refractivity contribution in [3.05, 3.63) is 34.3 Å². The fraction of sp³-hybridized carbons (Fsp3) is 0.222. The van der Waals surface area contributed by atoms with Gasteiger partial charge in [0.2, 0.25) is 4.73 Å². The molecule has 7 heteroatoms. The van der Waals surface area contributed by atoms with Crippen molar-refractivity contribution in [3.8, 4) is 5.75 Å². The van der Waals surface area contributed by atoms with Crippen molar-refractivity contribution >= 4 is 15.9 Å². The fourth-order valence-electron chi connectivity index (χ4n) is 1.27. The number of methoxy groups -OCH3 is 1. The largest absolute Gasteiger partial charge is 0.494 e. The number of hydrogen-bond acceptors (Lipinski definition) is 4. The van der Waals surface area contributed by atoms with Crippen LogP contribution in [0.25, 0.3) is 0 Å². The maximum Gasteiger partial charge on any atom is 0.218 e. The predicted octanol–water partition coefficient (Wildman–Crippen LogP) is 1.63. The molecule has 0 bridgehead atoms. The molecular formula is C9H8BrFN4O. The molecule has 0 aliphatic heterocycles. The normalized spacial score (nSPS) is 10.4. The SMILES string of the molecule is COc1ccc(Cn2nnnc2Br)cc1F. The maximum atomic E-state index is 13.4. The van der Waals surface area contributed by atoms with E-state index >= 15 is 0 Å². The topological polar surface area (TPSA) is 52.8 Å². The van der Waals surface area contributed by atoms with Crippen LogP contribution in [0.2, 0.25) is 0 Å². The molecule has 84 valence electrons. The Bertz CT molecular complexity index is 502. The summed E-state index contributed by atoms with van der Waals surface area (Å²) in [5.74, 6) is -0.177. The van der Waals surface area contributed by atoms with Crippen molar-refractivity contribution in [1.82, 2.24) is 20.2 Å². The number of hydrogen-bond donors (Lipinski definition) is 0. The number of nitrogens with zero attached hydrogens (tertiary/aromatic N) is 4. The first kappa shape index (κ1) is 11.0. The Morgan fingerprint density at radius 3 is 2.88 bits per heavy atom. The van der Waals surface area contributed by atoms with E-state index in [0.29, 0.717) is 11.3 Å². The predicted molar refractivity (Wildman–Crippen MR) is 57.6 cm³/mol. The minimum atomic E-state index is -0.399. The van der Waals surface area contributed by atoms with Gasteiger partial charge in [-0.25, -0.2) is 9.07 Å². The van der Waals surface area contributed by atoms with Crippen molar-refractivity contribution in [2.24, 2.45) is 0 Å². The molecule has 0 unspecified atom stereocenters. The highest BCUT2D eigenvalue weighted by Crippen LogP contribution is 2.18. The van der Waals surface area contributed by atoms with Crippen LogP contribution in [-0.4, -0.2) is 27.3 Å². The first-order valence-corrected chi connectivity index (χ1v) is 5.24. The Morgan fingerprint density at radius 1 is 1.50 bits per heavy atom. The average Bonchev–Trinajstić information content (AvgIpc) is 2.65. The van der Waals surface area contributed by atoms with Crippen LogP contribution < -0.4 is 4.74 Å². The summed E-state index contributed by atoms with van der Waals surface area (Å²) in [7, 11) is 1.43. The van der Waals surface area contributed by atoms with Crippen LogP contribution in [0.5, 0.6) is 5.75 Å². The van der Waals surface area contributed by atoms with Crippen molar-refractivity contribution in [1.29, 1.82) is 0 Å². The number of benzene rings is 1. The van der Waals surface area contributed by atoms with E-state index in [4.69, 9.17) is 4.74 Å². The molecule has 0 fully saturated rings. The molecule has 0 saturated heterocycles. The number of ether oxygens (including phenoxy) is 1. The lowest BCUT2D eigenvalue weighted by Gasteiger charge is -2.05. The van der Waals surface area contributed by atoms with Crippen molar-refractivity contribution in [3.63, 3.8) is 0 Å². The van der Waals surface area contributed by atoms with E-state index in [1.54, 1.807) is 12.1 Å². The summed E-state index contributed by atoms with van der Waals surface area (Å²) in [4.78, 5) is 0. The van der Waals surface area contributed by atoms with Gasteiger partial charge in [-0.2, -0.15) is 0 Å². The Kier molecular flexibility index (Phi) is 3.14. The smallest absolute Gasteiger partial charge is 0.218 e. The summed E-state index contributed by atoms with van der Waals surface area (Å²) in [6.45, 7) is 0.397. The van der Waals surface area contributed by atoms with Gasteiger partial charge < -0.3 is 4.74 Å². The molecule has 0 radical (unpaired) electrons. The van der Waals surface area contributed by atoms with Gasteiger partial charge in [0.25, 0.3) is 0 Å². The monoisotopic (exact) mass is 286 g/mol. The molecule has 5 nitrogen and oxygen atoms in total. The Hall–Kier alpha value is -1.50. The van der Waals surface area contributed by atoms with Crippen molar-refractivity contribution in [2.45, 2.75) is 6.54 Å². The van der Waals surface area contributed by atoms with Crippen LogP contribution in [0.15, 0.2) is 22.9 Å². The summed E-state index contributed by atoms with van der Waals surface area (Å²) >= 11 is 3.18. The van der Waals surface area contributed by atoms with Gasteiger partial charge in [-0.15, -0.1) is 5.10 Å². The number of tetrazole rings is 1. The summed E-state index contributed by atoms with van der Waals surface area (Å²) in [6, 6.07) is 4.73. The quantitative estimate of drug-likeness (QED) is 0.861. The first-order chi connectivity index (χ1) is 7.70. The van der Waals surface area contributed by atoms with E-state index in [-0.39, 0.29) is 5.75 Å². The molecule has 2 rings (SSSR count). The van der Waals surface area contributed by atoms with Crippen LogP contribution in [0, 0.1) is 5.82 Å². The molecule has 0 saturated carbocycles. The molecule has 0 atom stereocenters. The minimum Gasteiger partial charge on any atom is -0.494 e. The summed E-state index contributed by atoms with van der Waals surface area (Å²) in [5.41, 5.74) is 0.756. The van der Waals surface area contributed by atoms with Gasteiger partial charge in [0.1, 0.15) is 0 Å². The molecule has 1 heterocycles. The summed E-state index contributed by atoms with van der Waals surface area (Å²) < 4.78 is 20.2. The maximum absolute atomic E-state index is 13.4. The van der Waals surface area contributed by atoms with Gasteiger partial charge in [0.05, 0.1) is 13.7 Å². The van der Waals surface area contributed by atoms with E-state index in [1.165, 1.54) is 17.9 Å². The van der Waals surface area contributed by atoms with E-state index in [1.807, 2.05) is 0 Å². The van der Waals surface area contributed by atoms with E-state index < -0.39 is 5.82 Å². The number of halogens is 2. The Labute approximate surface area is 99.3 Å². The minimum absolute atomic E-state index is 0.222. The van der Waals surface area contributed by atoms with Crippen LogP contribution >= 0.6 is 15.9 Å². The summed E-state index contributed by atoms with van der Waals surface area (Å²) in [6.07, 6.45) is 0. The Morgan fingerprint density at radius 2 is 2.31 bits per heavy atom. The van der Waals surface area contributed by atoms with Gasteiger partial charge in [-0.3, -0.25) is 0 Å². The van der Waals surface area contributed by atoms with Crippen molar-refractivity contribution < 1.29 is 9.13 Å². The highest BCUT2D eigenvalue weighted by atomic mass is 79.9. The second-order valence-corrected chi connectivity index (χ2v) is 3.78. The zero-order valence-corrected chi connectivity index (χ0v) is 9.98. The van der Waals surface area contributed by atoms with Gasteiger partial charge in [0.15, 0.2) is 11.6 Å². The molecule has 0 aliphatic rings. The highest BCUT2D eigenvalue weighted by molar-refractivity contribution is 9.10.